The number of carbonyl (C=O) groups is 1. The van der Waals surface area contributed by atoms with Crippen LogP contribution in [0.1, 0.15) is 5.82 Å². The Morgan fingerprint density at radius 1 is 1.20 bits per heavy atom. The summed E-state index contributed by atoms with van der Waals surface area (Å²) in [4.78, 5) is 18.9. The van der Waals surface area contributed by atoms with Crippen LogP contribution in [0.3, 0.4) is 0 Å². The molecule has 2 aromatic rings. The van der Waals surface area contributed by atoms with Crippen LogP contribution in [0, 0.1) is 0 Å². The number of hydrogen-bond donors (Lipinski definition) is 1. The van der Waals surface area contributed by atoms with E-state index in [1.807, 2.05) is 18.2 Å². The van der Waals surface area contributed by atoms with Crippen molar-refractivity contribution < 1.29 is 19.4 Å². The van der Waals surface area contributed by atoms with Gasteiger partial charge in [0.05, 0.1) is 5.69 Å². The predicted octanol–water partition coefficient (Wildman–Crippen LogP) is 1.54. The first-order valence-electron chi connectivity index (χ1n) is 6.16. The molecule has 2 heterocycles. The van der Waals surface area contributed by atoms with Crippen molar-refractivity contribution in [1.82, 2.24) is 9.97 Å². The molecule has 1 aliphatic heterocycles. The summed E-state index contributed by atoms with van der Waals surface area (Å²) in [7, 11) is 0. The Kier molecular flexibility index (Phi) is 3.20. The molecule has 6 heteroatoms. The van der Waals surface area contributed by atoms with Gasteiger partial charge in [-0.25, -0.2) is 9.97 Å². The highest BCUT2D eigenvalue weighted by Crippen LogP contribution is 2.33. The van der Waals surface area contributed by atoms with E-state index in [2.05, 4.69) is 9.97 Å². The zero-order chi connectivity index (χ0) is 13.9. The van der Waals surface area contributed by atoms with Crippen molar-refractivity contribution in [1.29, 1.82) is 0 Å². The van der Waals surface area contributed by atoms with Crippen LogP contribution in [0.2, 0.25) is 0 Å². The van der Waals surface area contributed by atoms with E-state index in [1.54, 1.807) is 12.3 Å². The Labute approximate surface area is 115 Å². The van der Waals surface area contributed by atoms with Crippen LogP contribution in [0.5, 0.6) is 11.5 Å². The number of carboxylic acids is 1. The van der Waals surface area contributed by atoms with E-state index in [9.17, 15) is 4.79 Å². The summed E-state index contributed by atoms with van der Waals surface area (Å²) in [6.45, 7) is 1.06. The minimum absolute atomic E-state index is 0.196. The molecule has 20 heavy (non-hydrogen) atoms. The molecule has 3 rings (SSSR count). The molecular formula is C14H12N2O4. The molecule has 0 saturated carbocycles. The lowest BCUT2D eigenvalue weighted by atomic mass is 10.1. The third-order valence-electron chi connectivity index (χ3n) is 2.85. The largest absolute Gasteiger partial charge is 0.486 e. The minimum Gasteiger partial charge on any atom is -0.486 e. The van der Waals surface area contributed by atoms with Gasteiger partial charge in [0, 0.05) is 11.8 Å². The van der Waals surface area contributed by atoms with E-state index in [0.717, 1.165) is 5.56 Å². The lowest BCUT2D eigenvalue weighted by Crippen LogP contribution is -2.15. The summed E-state index contributed by atoms with van der Waals surface area (Å²) in [6, 6.07) is 7.25. The molecule has 6 nitrogen and oxygen atoms in total. The molecule has 1 N–H and O–H groups in total. The van der Waals surface area contributed by atoms with Gasteiger partial charge in [-0.2, -0.15) is 0 Å². The first-order valence-corrected chi connectivity index (χ1v) is 6.16. The molecule has 1 aromatic carbocycles. The molecule has 0 saturated heterocycles. The van der Waals surface area contributed by atoms with Crippen LogP contribution in [0.4, 0.5) is 0 Å². The lowest BCUT2D eigenvalue weighted by molar-refractivity contribution is -0.136. The van der Waals surface area contributed by atoms with Crippen LogP contribution in [0.25, 0.3) is 11.3 Å². The number of aromatic nitrogens is 2. The number of hydrogen-bond acceptors (Lipinski definition) is 5. The Morgan fingerprint density at radius 2 is 2.00 bits per heavy atom. The van der Waals surface area contributed by atoms with Gasteiger partial charge in [-0.15, -0.1) is 0 Å². The zero-order valence-corrected chi connectivity index (χ0v) is 10.6. The fourth-order valence-corrected chi connectivity index (χ4v) is 1.98. The smallest absolute Gasteiger partial charge is 0.311 e. The van der Waals surface area contributed by atoms with E-state index in [0.29, 0.717) is 30.4 Å². The molecule has 0 amide bonds. The van der Waals surface area contributed by atoms with Crippen LogP contribution < -0.4 is 9.47 Å². The Bertz CT molecular complexity index is 657. The highest BCUT2D eigenvalue weighted by atomic mass is 16.6. The van der Waals surface area contributed by atoms with Gasteiger partial charge >= 0.3 is 5.97 Å². The van der Waals surface area contributed by atoms with Crippen LogP contribution in [0.15, 0.2) is 30.5 Å². The highest BCUT2D eigenvalue weighted by molar-refractivity contribution is 5.69. The molecule has 1 aliphatic rings. The molecule has 1 aromatic heterocycles. The first kappa shape index (κ1) is 12.4. The summed E-state index contributed by atoms with van der Waals surface area (Å²) < 4.78 is 11.0. The van der Waals surface area contributed by atoms with Gasteiger partial charge in [-0.3, -0.25) is 4.79 Å². The van der Waals surface area contributed by atoms with Crippen molar-refractivity contribution in [2.24, 2.45) is 0 Å². The van der Waals surface area contributed by atoms with Gasteiger partial charge in [0.1, 0.15) is 25.5 Å². The Morgan fingerprint density at radius 3 is 2.80 bits per heavy atom. The van der Waals surface area contributed by atoms with E-state index in [-0.39, 0.29) is 12.2 Å². The monoisotopic (exact) mass is 272 g/mol. The van der Waals surface area contributed by atoms with E-state index in [1.165, 1.54) is 0 Å². The second-order valence-corrected chi connectivity index (χ2v) is 4.29. The summed E-state index contributed by atoms with van der Waals surface area (Å²) in [5, 5.41) is 8.77. The number of fused-ring (bicyclic) bond motifs is 1. The van der Waals surface area contributed by atoms with Gasteiger partial charge in [-0.1, -0.05) is 0 Å². The Hall–Kier alpha value is -2.63. The second-order valence-electron chi connectivity index (χ2n) is 4.29. The molecule has 102 valence electrons. The summed E-state index contributed by atoms with van der Waals surface area (Å²) >= 11 is 0. The normalized spacial score (nSPS) is 13.0. The number of benzene rings is 1. The average molecular weight is 272 g/mol. The van der Waals surface area contributed by atoms with Crippen molar-refractivity contribution in [3.05, 3.63) is 36.3 Å². The van der Waals surface area contributed by atoms with Crippen molar-refractivity contribution >= 4 is 5.97 Å². The van der Waals surface area contributed by atoms with Gasteiger partial charge < -0.3 is 14.6 Å². The third kappa shape index (κ3) is 2.54. The predicted molar refractivity (Wildman–Crippen MR) is 69.8 cm³/mol. The quantitative estimate of drug-likeness (QED) is 0.912. The van der Waals surface area contributed by atoms with Crippen molar-refractivity contribution in [3.8, 4) is 22.8 Å². The lowest BCUT2D eigenvalue weighted by Gasteiger charge is -2.18. The fourth-order valence-electron chi connectivity index (χ4n) is 1.98. The average Bonchev–Trinajstić information content (AvgIpc) is 2.46. The van der Waals surface area contributed by atoms with Gasteiger partial charge in [-0.05, 0) is 24.3 Å². The maximum Gasteiger partial charge on any atom is 0.311 e. The van der Waals surface area contributed by atoms with Crippen LogP contribution >= 0.6 is 0 Å². The molecular weight excluding hydrogens is 260 g/mol. The minimum atomic E-state index is -0.954. The number of nitrogens with zero attached hydrogens (tertiary/aromatic N) is 2. The Balaban J connectivity index is 1.94. The highest BCUT2D eigenvalue weighted by Gasteiger charge is 2.13. The van der Waals surface area contributed by atoms with E-state index >= 15 is 0 Å². The summed E-state index contributed by atoms with van der Waals surface area (Å²) in [5.74, 6) is 0.709. The molecule has 0 radical (unpaired) electrons. The van der Waals surface area contributed by atoms with Crippen LogP contribution in [-0.2, 0) is 11.2 Å². The maximum atomic E-state index is 10.7. The molecule has 0 spiro atoms. The number of rotatable bonds is 3. The van der Waals surface area contributed by atoms with Gasteiger partial charge in [0.25, 0.3) is 0 Å². The third-order valence-corrected chi connectivity index (χ3v) is 2.85. The van der Waals surface area contributed by atoms with Gasteiger partial charge in [0.15, 0.2) is 11.5 Å². The van der Waals surface area contributed by atoms with Crippen molar-refractivity contribution in [2.45, 2.75) is 6.42 Å². The zero-order valence-electron chi connectivity index (χ0n) is 10.6. The number of ether oxygens (including phenoxy) is 2. The number of aliphatic carboxylic acids is 1. The van der Waals surface area contributed by atoms with Crippen molar-refractivity contribution in [2.75, 3.05) is 13.2 Å². The van der Waals surface area contributed by atoms with Gasteiger partial charge in [0.2, 0.25) is 0 Å². The van der Waals surface area contributed by atoms with Crippen molar-refractivity contribution in [3.63, 3.8) is 0 Å². The summed E-state index contributed by atoms with van der Waals surface area (Å²) in [6.07, 6.45) is 1.36. The fraction of sp³-hybridized carbons (Fsp3) is 0.214. The van der Waals surface area contributed by atoms with E-state index in [4.69, 9.17) is 14.6 Å². The second kappa shape index (κ2) is 5.16. The SMILES string of the molecule is O=C(O)Cc1nccc(-c2ccc3c(c2)OCCO3)n1. The maximum absolute atomic E-state index is 10.7. The molecule has 0 fully saturated rings. The topological polar surface area (TPSA) is 81.5 Å². The summed E-state index contributed by atoms with van der Waals surface area (Å²) in [5.41, 5.74) is 1.50. The molecule has 0 aliphatic carbocycles. The van der Waals surface area contributed by atoms with E-state index < -0.39 is 5.97 Å². The molecule has 0 atom stereocenters. The first-order chi connectivity index (χ1) is 9.72. The molecule has 0 bridgehead atoms. The molecule has 0 unspecified atom stereocenters. The standard InChI is InChI=1S/C14H12N2O4/c17-14(18)8-13-15-4-3-10(16-13)9-1-2-11-12(7-9)20-6-5-19-11/h1-4,7H,5-6,8H2,(H,17,18). The van der Waals surface area contributed by atoms with Crippen LogP contribution in [-0.4, -0.2) is 34.3 Å². The number of carboxylic acid groups (broad SMARTS) is 1.